The third-order valence-corrected chi connectivity index (χ3v) is 3.56. The Labute approximate surface area is 119 Å². The summed E-state index contributed by atoms with van der Waals surface area (Å²) in [4.78, 5) is 0. The van der Waals surface area contributed by atoms with Gasteiger partial charge in [-0.1, -0.05) is 24.3 Å². The molecule has 1 aromatic carbocycles. The van der Waals surface area contributed by atoms with Crippen molar-refractivity contribution in [1.29, 1.82) is 0 Å². The molecule has 0 aliphatic carbocycles. The maximum Gasteiger partial charge on any atom is 0.0651 e. The lowest BCUT2D eigenvalue weighted by atomic mass is 10.1. The molecule has 20 heavy (non-hydrogen) atoms. The lowest BCUT2D eigenvalue weighted by molar-refractivity contribution is 0.745. The van der Waals surface area contributed by atoms with Crippen LogP contribution in [0.5, 0.6) is 0 Å². The van der Waals surface area contributed by atoms with Gasteiger partial charge in [-0.2, -0.15) is 5.10 Å². The van der Waals surface area contributed by atoms with E-state index in [1.54, 1.807) is 0 Å². The van der Waals surface area contributed by atoms with Gasteiger partial charge in [0.05, 0.1) is 17.6 Å². The maximum absolute atomic E-state index is 4.18. The van der Waals surface area contributed by atoms with Crippen molar-refractivity contribution in [2.75, 3.05) is 17.2 Å². The summed E-state index contributed by atoms with van der Waals surface area (Å²) in [6.07, 6.45) is 9.24. The number of nitrogens with one attached hydrogen (secondary N) is 2. The third kappa shape index (κ3) is 2.69. The molecule has 0 radical (unpaired) electrons. The van der Waals surface area contributed by atoms with E-state index in [-0.39, 0.29) is 0 Å². The second-order valence-corrected chi connectivity index (χ2v) is 5.31. The Kier molecular flexibility index (Phi) is 3.46. The first-order valence-corrected chi connectivity index (χ1v) is 7.02. The maximum atomic E-state index is 4.18. The fourth-order valence-electron chi connectivity index (χ4n) is 2.47. The van der Waals surface area contributed by atoms with Crippen LogP contribution in [-0.4, -0.2) is 22.4 Å². The Morgan fingerprint density at radius 1 is 1.35 bits per heavy atom. The lowest BCUT2D eigenvalue weighted by Crippen LogP contribution is -2.15. The number of nitrogens with zero attached hydrogens (tertiary/aromatic N) is 2. The van der Waals surface area contributed by atoms with E-state index in [9.17, 15) is 0 Å². The van der Waals surface area contributed by atoms with Gasteiger partial charge in [-0.05, 0) is 25.0 Å². The third-order valence-electron chi connectivity index (χ3n) is 3.56. The molecular formula is C16H20N4. The van der Waals surface area contributed by atoms with Gasteiger partial charge >= 0.3 is 0 Å². The number of anilines is 2. The van der Waals surface area contributed by atoms with E-state index in [0.29, 0.717) is 6.04 Å². The van der Waals surface area contributed by atoms with Crippen LogP contribution in [0.3, 0.4) is 0 Å². The van der Waals surface area contributed by atoms with Crippen molar-refractivity contribution in [3.05, 3.63) is 41.7 Å². The summed E-state index contributed by atoms with van der Waals surface area (Å²) in [5.41, 5.74) is 4.69. The number of hydrogen-bond donors (Lipinski definition) is 2. The summed E-state index contributed by atoms with van der Waals surface area (Å²) in [6.45, 7) is 3.23. The molecule has 2 heterocycles. The summed E-state index contributed by atoms with van der Waals surface area (Å²) in [5.74, 6) is 0. The Hall–Kier alpha value is -2.23. The van der Waals surface area contributed by atoms with Gasteiger partial charge in [0.15, 0.2) is 0 Å². The Balaban J connectivity index is 1.92. The molecule has 0 spiro atoms. The molecule has 0 amide bonds. The molecule has 0 fully saturated rings. The van der Waals surface area contributed by atoms with Crippen LogP contribution in [0, 0.1) is 0 Å². The second-order valence-electron chi connectivity index (χ2n) is 5.31. The van der Waals surface area contributed by atoms with E-state index >= 15 is 0 Å². The van der Waals surface area contributed by atoms with Crippen molar-refractivity contribution < 1.29 is 0 Å². The van der Waals surface area contributed by atoms with Gasteiger partial charge in [0, 0.05) is 31.4 Å². The predicted octanol–water partition coefficient (Wildman–Crippen LogP) is 3.21. The van der Waals surface area contributed by atoms with Crippen LogP contribution in [0.25, 0.3) is 12.2 Å². The molecule has 1 aliphatic rings. The minimum absolute atomic E-state index is 0.483. The van der Waals surface area contributed by atoms with Crippen LogP contribution in [0.1, 0.15) is 24.5 Å². The molecule has 104 valence electrons. The highest BCUT2D eigenvalue weighted by molar-refractivity contribution is 5.84. The summed E-state index contributed by atoms with van der Waals surface area (Å²) in [5, 5.41) is 11.3. The largest absolute Gasteiger partial charge is 0.383 e. The molecule has 1 aliphatic heterocycles. The second kappa shape index (κ2) is 5.41. The molecule has 0 bridgehead atoms. The van der Waals surface area contributed by atoms with Gasteiger partial charge < -0.3 is 10.6 Å². The van der Waals surface area contributed by atoms with Crippen LogP contribution >= 0.6 is 0 Å². The standard InChI is InChI=1S/C16H20N4/c1-12-8-9-17-15-5-3-4-14(16(15)19-12)7-6-13-10-18-20(2)11-13/h3-7,10-12,17,19H,8-9H2,1-2H3/b7-6+/t12-/m1/s1. The molecule has 2 aromatic rings. The summed E-state index contributed by atoms with van der Waals surface area (Å²) in [6, 6.07) is 6.84. The first-order chi connectivity index (χ1) is 9.72. The quantitative estimate of drug-likeness (QED) is 0.879. The van der Waals surface area contributed by atoms with E-state index in [4.69, 9.17) is 0 Å². The number of benzene rings is 1. The van der Waals surface area contributed by atoms with Crippen molar-refractivity contribution in [3.8, 4) is 0 Å². The molecule has 1 aromatic heterocycles. The zero-order valence-corrected chi connectivity index (χ0v) is 11.9. The van der Waals surface area contributed by atoms with Crippen LogP contribution < -0.4 is 10.6 Å². The monoisotopic (exact) mass is 268 g/mol. The average molecular weight is 268 g/mol. The first kappa shape index (κ1) is 12.8. The summed E-state index contributed by atoms with van der Waals surface area (Å²) < 4.78 is 1.81. The highest BCUT2D eigenvalue weighted by atomic mass is 15.2. The molecule has 2 N–H and O–H groups in total. The van der Waals surface area contributed by atoms with Crippen LogP contribution in [0.4, 0.5) is 11.4 Å². The molecule has 0 saturated carbocycles. The van der Waals surface area contributed by atoms with Gasteiger partial charge in [-0.15, -0.1) is 0 Å². The smallest absolute Gasteiger partial charge is 0.0651 e. The Morgan fingerprint density at radius 2 is 2.25 bits per heavy atom. The van der Waals surface area contributed by atoms with Gasteiger partial charge in [-0.25, -0.2) is 0 Å². The van der Waals surface area contributed by atoms with E-state index in [2.05, 4.69) is 53.0 Å². The fourth-order valence-corrected chi connectivity index (χ4v) is 2.47. The molecule has 4 nitrogen and oxygen atoms in total. The lowest BCUT2D eigenvalue weighted by Gasteiger charge is -2.15. The van der Waals surface area contributed by atoms with Gasteiger partial charge in [0.1, 0.15) is 0 Å². The zero-order chi connectivity index (χ0) is 13.9. The molecule has 4 heteroatoms. The number of para-hydroxylation sites is 1. The van der Waals surface area contributed by atoms with Crippen molar-refractivity contribution in [2.45, 2.75) is 19.4 Å². The normalized spacial score (nSPS) is 18.2. The SMILES string of the molecule is C[C@@H]1CCNc2cccc(/C=C/c3cnn(C)c3)c2N1. The Bertz CT molecular complexity index is 627. The molecule has 0 saturated heterocycles. The van der Waals surface area contributed by atoms with Crippen molar-refractivity contribution in [2.24, 2.45) is 7.05 Å². The van der Waals surface area contributed by atoms with Gasteiger partial charge in [0.25, 0.3) is 0 Å². The molecule has 3 rings (SSSR count). The van der Waals surface area contributed by atoms with E-state index in [1.165, 1.54) is 16.9 Å². The zero-order valence-electron chi connectivity index (χ0n) is 11.9. The van der Waals surface area contributed by atoms with E-state index < -0.39 is 0 Å². The van der Waals surface area contributed by atoms with Crippen LogP contribution in [0.2, 0.25) is 0 Å². The highest BCUT2D eigenvalue weighted by Gasteiger charge is 2.13. The van der Waals surface area contributed by atoms with Crippen molar-refractivity contribution >= 4 is 23.5 Å². The van der Waals surface area contributed by atoms with E-state index in [1.807, 2.05) is 24.1 Å². The number of rotatable bonds is 2. The number of hydrogen-bond acceptors (Lipinski definition) is 3. The Morgan fingerprint density at radius 3 is 3.05 bits per heavy atom. The van der Waals surface area contributed by atoms with Gasteiger partial charge in [0.2, 0.25) is 0 Å². The number of aryl methyl sites for hydroxylation is 1. The summed E-state index contributed by atoms with van der Waals surface area (Å²) in [7, 11) is 1.93. The predicted molar refractivity (Wildman–Crippen MR) is 84.8 cm³/mol. The van der Waals surface area contributed by atoms with Crippen LogP contribution in [-0.2, 0) is 7.05 Å². The topological polar surface area (TPSA) is 41.9 Å². The highest BCUT2D eigenvalue weighted by Crippen LogP contribution is 2.30. The molecular weight excluding hydrogens is 248 g/mol. The molecule has 1 atom stereocenters. The minimum atomic E-state index is 0.483. The molecule has 0 unspecified atom stereocenters. The van der Waals surface area contributed by atoms with E-state index in [0.717, 1.165) is 18.5 Å². The minimum Gasteiger partial charge on any atom is -0.383 e. The van der Waals surface area contributed by atoms with Crippen LogP contribution in [0.15, 0.2) is 30.6 Å². The number of aromatic nitrogens is 2. The van der Waals surface area contributed by atoms with Crippen molar-refractivity contribution in [3.63, 3.8) is 0 Å². The van der Waals surface area contributed by atoms with Crippen molar-refractivity contribution in [1.82, 2.24) is 9.78 Å². The number of fused-ring (bicyclic) bond motifs is 1. The fraction of sp³-hybridized carbons (Fsp3) is 0.312. The average Bonchev–Trinajstić information content (AvgIpc) is 2.74. The first-order valence-electron chi connectivity index (χ1n) is 7.02. The van der Waals surface area contributed by atoms with Gasteiger partial charge in [-0.3, -0.25) is 4.68 Å². The summed E-state index contributed by atoms with van der Waals surface area (Å²) >= 11 is 0.